The van der Waals surface area contributed by atoms with Gasteiger partial charge in [-0.2, -0.15) is 0 Å². The number of hydrogen-bond donors (Lipinski definition) is 0. The van der Waals surface area contributed by atoms with Gasteiger partial charge < -0.3 is 14.0 Å². The summed E-state index contributed by atoms with van der Waals surface area (Å²) < 4.78 is 13.7. The molecule has 4 heteroatoms. The number of aryl methyl sites for hydroxylation is 1. The number of nitrogens with zero attached hydrogens (tertiary/aromatic N) is 1. The van der Waals surface area contributed by atoms with Crippen LogP contribution in [0.5, 0.6) is 5.75 Å². The smallest absolute Gasteiger partial charge is 0.347 e. The molecule has 0 bridgehead atoms. The summed E-state index contributed by atoms with van der Waals surface area (Å²) in [4.78, 5) is 12.4. The van der Waals surface area contributed by atoms with E-state index >= 15 is 0 Å². The van der Waals surface area contributed by atoms with Gasteiger partial charge >= 0.3 is 5.97 Å². The molecule has 0 aliphatic rings. The first-order valence-corrected chi connectivity index (χ1v) is 10.1. The number of benzene rings is 3. The number of aromatic nitrogens is 1. The topological polar surface area (TPSA) is 40.5 Å². The van der Waals surface area contributed by atoms with E-state index in [1.165, 1.54) is 5.56 Å². The fraction of sp³-hybridized carbons (Fsp3) is 0.192. The van der Waals surface area contributed by atoms with Gasteiger partial charge in [-0.25, -0.2) is 4.79 Å². The van der Waals surface area contributed by atoms with Crippen molar-refractivity contribution in [2.45, 2.75) is 33.1 Å². The van der Waals surface area contributed by atoms with Gasteiger partial charge in [0.25, 0.3) is 0 Å². The van der Waals surface area contributed by atoms with Crippen LogP contribution in [-0.2, 0) is 22.7 Å². The normalized spacial score (nSPS) is 11.9. The van der Waals surface area contributed by atoms with Gasteiger partial charge in [0.2, 0.25) is 0 Å². The predicted octanol–water partition coefficient (Wildman–Crippen LogP) is 5.51. The van der Waals surface area contributed by atoms with Crippen LogP contribution in [0, 0.1) is 6.92 Å². The fourth-order valence-electron chi connectivity index (χ4n) is 3.55. The second-order valence-electron chi connectivity index (χ2n) is 7.40. The molecule has 4 aromatic rings. The lowest BCUT2D eigenvalue weighted by molar-refractivity contribution is -0.152. The van der Waals surface area contributed by atoms with E-state index in [2.05, 4.69) is 35.8 Å². The Balaban J connectivity index is 1.50. The van der Waals surface area contributed by atoms with Crippen LogP contribution >= 0.6 is 0 Å². The molecule has 0 unspecified atom stereocenters. The van der Waals surface area contributed by atoms with E-state index in [0.717, 1.165) is 28.7 Å². The van der Waals surface area contributed by atoms with Gasteiger partial charge in [-0.3, -0.25) is 0 Å². The highest BCUT2D eigenvalue weighted by Gasteiger charge is 2.19. The van der Waals surface area contributed by atoms with Crippen LogP contribution in [-0.4, -0.2) is 16.6 Å². The first kappa shape index (κ1) is 19.8. The van der Waals surface area contributed by atoms with E-state index in [1.54, 1.807) is 6.92 Å². The monoisotopic (exact) mass is 399 g/mol. The van der Waals surface area contributed by atoms with Gasteiger partial charge in [0.1, 0.15) is 12.4 Å². The Hall–Kier alpha value is -3.53. The zero-order valence-electron chi connectivity index (χ0n) is 17.2. The van der Waals surface area contributed by atoms with Crippen molar-refractivity contribution in [2.75, 3.05) is 0 Å². The number of rotatable bonds is 7. The second-order valence-corrected chi connectivity index (χ2v) is 7.40. The van der Waals surface area contributed by atoms with E-state index in [-0.39, 0.29) is 12.6 Å². The number of ether oxygens (including phenoxy) is 2. The number of carbonyl (C=O) groups is 1. The third-order valence-corrected chi connectivity index (χ3v) is 5.16. The number of hydrogen-bond acceptors (Lipinski definition) is 3. The van der Waals surface area contributed by atoms with Crippen LogP contribution in [0.25, 0.3) is 10.9 Å². The number of esters is 1. The summed E-state index contributed by atoms with van der Waals surface area (Å²) in [6, 6.07) is 28.0. The van der Waals surface area contributed by atoms with Crippen molar-refractivity contribution >= 4 is 16.9 Å². The lowest BCUT2D eigenvalue weighted by atomic mass is 10.2. The van der Waals surface area contributed by atoms with Gasteiger partial charge in [-0.05, 0) is 43.2 Å². The standard InChI is InChI=1S/C26H25NO3/c1-19-16-23-24(27(19)17-21-10-5-3-6-11-21)14-9-15-25(23)30-20(2)26(28)29-18-22-12-7-4-8-13-22/h3-16,20H,17-18H2,1-2H3/t20-/m1/s1. The van der Waals surface area contributed by atoms with Crippen molar-refractivity contribution in [3.63, 3.8) is 0 Å². The molecular weight excluding hydrogens is 374 g/mol. The van der Waals surface area contributed by atoms with Gasteiger partial charge in [-0.1, -0.05) is 66.7 Å². The largest absolute Gasteiger partial charge is 0.478 e. The molecule has 0 aliphatic carbocycles. The van der Waals surface area contributed by atoms with E-state index in [9.17, 15) is 4.79 Å². The Morgan fingerprint density at radius 3 is 2.27 bits per heavy atom. The molecule has 0 spiro atoms. The molecular formula is C26H25NO3. The molecule has 0 N–H and O–H groups in total. The molecule has 1 heterocycles. The summed E-state index contributed by atoms with van der Waals surface area (Å²) in [6.45, 7) is 4.84. The summed E-state index contributed by atoms with van der Waals surface area (Å²) in [5.74, 6) is 0.308. The molecule has 4 nitrogen and oxygen atoms in total. The number of carbonyl (C=O) groups excluding carboxylic acids is 1. The van der Waals surface area contributed by atoms with Crippen molar-refractivity contribution in [3.05, 3.63) is 102 Å². The number of fused-ring (bicyclic) bond motifs is 1. The first-order valence-electron chi connectivity index (χ1n) is 10.1. The minimum Gasteiger partial charge on any atom is -0.478 e. The summed E-state index contributed by atoms with van der Waals surface area (Å²) >= 11 is 0. The molecule has 30 heavy (non-hydrogen) atoms. The Kier molecular flexibility index (Phi) is 5.84. The maximum absolute atomic E-state index is 12.4. The predicted molar refractivity (Wildman–Crippen MR) is 119 cm³/mol. The molecule has 0 fully saturated rings. The van der Waals surface area contributed by atoms with E-state index in [1.807, 2.05) is 60.7 Å². The molecule has 0 radical (unpaired) electrons. The van der Waals surface area contributed by atoms with E-state index < -0.39 is 6.10 Å². The van der Waals surface area contributed by atoms with Crippen molar-refractivity contribution in [2.24, 2.45) is 0 Å². The molecule has 1 aromatic heterocycles. The molecule has 0 saturated carbocycles. The molecule has 4 rings (SSSR count). The molecule has 0 amide bonds. The first-order chi connectivity index (χ1) is 14.6. The minimum atomic E-state index is -0.697. The minimum absolute atomic E-state index is 0.240. The van der Waals surface area contributed by atoms with Crippen LogP contribution in [0.4, 0.5) is 0 Å². The third kappa shape index (κ3) is 4.38. The van der Waals surface area contributed by atoms with Crippen LogP contribution in [0.3, 0.4) is 0 Å². The Labute approximate surface area is 176 Å². The Morgan fingerprint density at radius 1 is 0.900 bits per heavy atom. The molecule has 3 aromatic carbocycles. The highest BCUT2D eigenvalue weighted by atomic mass is 16.6. The van der Waals surface area contributed by atoms with Crippen molar-refractivity contribution in [3.8, 4) is 5.75 Å². The van der Waals surface area contributed by atoms with Crippen molar-refractivity contribution in [1.29, 1.82) is 0 Å². The highest BCUT2D eigenvalue weighted by molar-refractivity contribution is 5.88. The third-order valence-electron chi connectivity index (χ3n) is 5.16. The maximum Gasteiger partial charge on any atom is 0.347 e. The van der Waals surface area contributed by atoms with E-state index in [0.29, 0.717) is 5.75 Å². The molecule has 0 aliphatic heterocycles. The van der Waals surface area contributed by atoms with Gasteiger partial charge in [-0.15, -0.1) is 0 Å². The zero-order chi connectivity index (χ0) is 20.9. The fourth-order valence-corrected chi connectivity index (χ4v) is 3.55. The van der Waals surface area contributed by atoms with Gasteiger partial charge in [0.05, 0.1) is 5.52 Å². The van der Waals surface area contributed by atoms with Crippen LogP contribution < -0.4 is 4.74 Å². The summed E-state index contributed by atoms with van der Waals surface area (Å²) in [7, 11) is 0. The average molecular weight is 399 g/mol. The molecule has 1 atom stereocenters. The molecule has 152 valence electrons. The van der Waals surface area contributed by atoms with Crippen LogP contribution in [0.15, 0.2) is 84.9 Å². The summed E-state index contributed by atoms with van der Waals surface area (Å²) in [6.07, 6.45) is -0.697. The Bertz CT molecular complexity index is 1130. The average Bonchev–Trinajstić information content (AvgIpc) is 3.09. The lowest BCUT2D eigenvalue weighted by Gasteiger charge is -2.15. The van der Waals surface area contributed by atoms with E-state index in [4.69, 9.17) is 9.47 Å². The maximum atomic E-state index is 12.4. The zero-order valence-corrected chi connectivity index (χ0v) is 17.2. The Morgan fingerprint density at radius 2 is 1.57 bits per heavy atom. The van der Waals surface area contributed by atoms with Gasteiger partial charge in [0, 0.05) is 17.6 Å². The van der Waals surface area contributed by atoms with Gasteiger partial charge in [0.15, 0.2) is 6.10 Å². The van der Waals surface area contributed by atoms with Crippen molar-refractivity contribution < 1.29 is 14.3 Å². The van der Waals surface area contributed by atoms with Crippen LogP contribution in [0.2, 0.25) is 0 Å². The summed E-state index contributed by atoms with van der Waals surface area (Å²) in [5, 5.41) is 0.994. The SMILES string of the molecule is Cc1cc2c(O[C@H](C)C(=O)OCc3ccccc3)cccc2n1Cc1ccccc1. The quantitative estimate of drug-likeness (QED) is 0.385. The lowest BCUT2D eigenvalue weighted by Crippen LogP contribution is -2.26. The highest BCUT2D eigenvalue weighted by Crippen LogP contribution is 2.30. The second kappa shape index (κ2) is 8.87. The van der Waals surface area contributed by atoms with Crippen LogP contribution in [0.1, 0.15) is 23.7 Å². The van der Waals surface area contributed by atoms with Crippen molar-refractivity contribution in [1.82, 2.24) is 4.57 Å². The summed E-state index contributed by atoms with van der Waals surface area (Å²) in [5.41, 5.74) is 4.42. The molecule has 0 saturated heterocycles.